The molecular weight excluding hydrogens is 323 g/mol. The van der Waals surface area contributed by atoms with Crippen molar-refractivity contribution in [1.29, 1.82) is 0 Å². The molecule has 1 aliphatic rings. The average molecular weight is 343 g/mol. The van der Waals surface area contributed by atoms with Gasteiger partial charge < -0.3 is 10.0 Å². The number of aromatic amines is 1. The number of rotatable bonds is 5. The number of hydrogen-bond donors (Lipinski definition) is 2. The summed E-state index contributed by atoms with van der Waals surface area (Å²) in [6.45, 7) is 2.30. The van der Waals surface area contributed by atoms with Gasteiger partial charge in [0.2, 0.25) is 0 Å². The first-order valence-corrected chi connectivity index (χ1v) is 7.92. The van der Waals surface area contributed by atoms with E-state index in [1.165, 1.54) is 0 Å². The number of aliphatic hydroxyl groups excluding tert-OH is 1. The quantitative estimate of drug-likeness (QED) is 0.870. The van der Waals surface area contributed by atoms with E-state index in [2.05, 4.69) is 20.2 Å². The summed E-state index contributed by atoms with van der Waals surface area (Å²) in [7, 11) is 0. The van der Waals surface area contributed by atoms with Crippen molar-refractivity contribution >= 4 is 0 Å². The van der Waals surface area contributed by atoms with E-state index < -0.39 is 18.0 Å². The van der Waals surface area contributed by atoms with E-state index in [0.717, 1.165) is 25.5 Å². The molecule has 2 aromatic heterocycles. The van der Waals surface area contributed by atoms with Crippen molar-refractivity contribution in [3.8, 4) is 0 Å². The van der Waals surface area contributed by atoms with Crippen LogP contribution >= 0.6 is 0 Å². The summed E-state index contributed by atoms with van der Waals surface area (Å²) < 4.78 is 39.7. The number of halogens is 3. The molecular formula is C15H20F3N5O. The highest BCUT2D eigenvalue weighted by atomic mass is 19.4. The van der Waals surface area contributed by atoms with E-state index in [4.69, 9.17) is 0 Å². The predicted octanol–water partition coefficient (Wildman–Crippen LogP) is 1.87. The molecule has 0 saturated carbocycles. The second-order valence-corrected chi connectivity index (χ2v) is 6.19. The standard InChI is InChI=1S/C15H20F3N5O/c16-15(17,18)14-7-13(20-21-14)11-3-1-5-22(8-11)9-12(24)10-23-6-2-4-19-23/h2,4,6-7,11-12,24H,1,3,5,8-10H2,(H,20,21)/t11-,12+/m0/s1. The average Bonchev–Trinajstić information content (AvgIpc) is 3.17. The smallest absolute Gasteiger partial charge is 0.390 e. The number of aliphatic hydroxyl groups is 1. The third-order valence-electron chi connectivity index (χ3n) is 4.26. The van der Waals surface area contributed by atoms with Gasteiger partial charge in [-0.1, -0.05) is 0 Å². The zero-order valence-corrected chi connectivity index (χ0v) is 13.1. The number of piperidine rings is 1. The summed E-state index contributed by atoms with van der Waals surface area (Å²) in [5, 5.41) is 20.1. The highest BCUT2D eigenvalue weighted by Gasteiger charge is 2.35. The Bertz CT molecular complexity index is 640. The number of aromatic nitrogens is 4. The van der Waals surface area contributed by atoms with Crippen molar-refractivity contribution in [2.24, 2.45) is 0 Å². The molecule has 0 radical (unpaired) electrons. The van der Waals surface area contributed by atoms with Crippen LogP contribution in [0.25, 0.3) is 0 Å². The molecule has 0 unspecified atom stereocenters. The van der Waals surface area contributed by atoms with Gasteiger partial charge in [-0.05, 0) is 31.5 Å². The minimum atomic E-state index is -4.43. The molecule has 2 atom stereocenters. The molecule has 1 fully saturated rings. The Kier molecular flexibility index (Phi) is 4.91. The van der Waals surface area contributed by atoms with Crippen LogP contribution in [0.2, 0.25) is 0 Å². The topological polar surface area (TPSA) is 70.0 Å². The summed E-state index contributed by atoms with van der Waals surface area (Å²) in [4.78, 5) is 2.08. The van der Waals surface area contributed by atoms with Gasteiger partial charge in [-0.25, -0.2) is 0 Å². The van der Waals surface area contributed by atoms with E-state index in [9.17, 15) is 18.3 Å². The lowest BCUT2D eigenvalue weighted by atomic mass is 9.94. The van der Waals surface area contributed by atoms with Crippen molar-refractivity contribution in [3.05, 3.63) is 35.9 Å². The maximum absolute atomic E-state index is 12.7. The minimum Gasteiger partial charge on any atom is -0.390 e. The van der Waals surface area contributed by atoms with Crippen LogP contribution in [0.3, 0.4) is 0 Å². The maximum Gasteiger partial charge on any atom is 0.435 e. The van der Waals surface area contributed by atoms with E-state index in [1.807, 2.05) is 0 Å². The molecule has 0 aromatic carbocycles. The Morgan fingerprint density at radius 1 is 1.38 bits per heavy atom. The van der Waals surface area contributed by atoms with Gasteiger partial charge in [0.25, 0.3) is 0 Å². The fourth-order valence-electron chi connectivity index (χ4n) is 3.15. The van der Waals surface area contributed by atoms with Crippen molar-refractivity contribution in [3.63, 3.8) is 0 Å². The minimum absolute atomic E-state index is 0.0285. The second kappa shape index (κ2) is 6.94. The molecule has 1 saturated heterocycles. The molecule has 6 nitrogen and oxygen atoms in total. The van der Waals surface area contributed by atoms with Crippen LogP contribution in [0, 0.1) is 0 Å². The largest absolute Gasteiger partial charge is 0.435 e. The van der Waals surface area contributed by atoms with Crippen LogP contribution < -0.4 is 0 Å². The molecule has 1 aliphatic heterocycles. The molecule has 132 valence electrons. The molecule has 3 heterocycles. The maximum atomic E-state index is 12.7. The summed E-state index contributed by atoms with van der Waals surface area (Å²) >= 11 is 0. The van der Waals surface area contributed by atoms with Crippen molar-refractivity contribution in [1.82, 2.24) is 24.9 Å². The zero-order valence-electron chi connectivity index (χ0n) is 13.1. The Morgan fingerprint density at radius 2 is 2.21 bits per heavy atom. The van der Waals surface area contributed by atoms with Crippen LogP contribution in [-0.2, 0) is 12.7 Å². The number of nitrogens with zero attached hydrogens (tertiary/aromatic N) is 4. The molecule has 2 aromatic rings. The summed E-state index contributed by atoms with van der Waals surface area (Å²) in [6, 6.07) is 2.88. The molecule has 0 bridgehead atoms. The highest BCUT2D eigenvalue weighted by molar-refractivity contribution is 5.16. The van der Waals surface area contributed by atoms with Crippen LogP contribution in [0.15, 0.2) is 24.5 Å². The first kappa shape index (κ1) is 17.0. The van der Waals surface area contributed by atoms with Gasteiger partial charge in [0.15, 0.2) is 5.69 Å². The zero-order chi connectivity index (χ0) is 17.2. The number of H-pyrrole nitrogens is 1. The third-order valence-corrected chi connectivity index (χ3v) is 4.26. The number of nitrogens with one attached hydrogen (secondary N) is 1. The predicted molar refractivity (Wildman–Crippen MR) is 80.2 cm³/mol. The second-order valence-electron chi connectivity index (χ2n) is 6.19. The van der Waals surface area contributed by atoms with Crippen molar-refractivity contribution in [2.75, 3.05) is 19.6 Å². The lowest BCUT2D eigenvalue weighted by Crippen LogP contribution is -2.40. The Morgan fingerprint density at radius 3 is 2.88 bits per heavy atom. The van der Waals surface area contributed by atoms with Crippen LogP contribution in [0.1, 0.15) is 30.1 Å². The first-order valence-electron chi connectivity index (χ1n) is 7.92. The van der Waals surface area contributed by atoms with Gasteiger partial charge in [0.1, 0.15) is 0 Å². The van der Waals surface area contributed by atoms with E-state index in [-0.39, 0.29) is 5.92 Å². The Labute approximate surface area is 137 Å². The molecule has 3 rings (SSSR count). The molecule has 9 heteroatoms. The Hall–Kier alpha value is -1.87. The van der Waals surface area contributed by atoms with Crippen LogP contribution in [-0.4, -0.2) is 55.7 Å². The van der Waals surface area contributed by atoms with Crippen molar-refractivity contribution < 1.29 is 18.3 Å². The SMILES string of the molecule is O[C@H](CN1CCC[C@H](c2cc(C(F)(F)F)n[nH]2)C1)Cn1cccn1. The van der Waals surface area contributed by atoms with Crippen molar-refractivity contribution in [2.45, 2.75) is 37.6 Å². The number of alkyl halides is 3. The van der Waals surface area contributed by atoms with E-state index in [0.29, 0.717) is 25.3 Å². The summed E-state index contributed by atoms with van der Waals surface area (Å²) in [5.41, 5.74) is -0.373. The fraction of sp³-hybridized carbons (Fsp3) is 0.600. The number of hydrogen-bond acceptors (Lipinski definition) is 4. The van der Waals surface area contributed by atoms with Crippen LogP contribution in [0.4, 0.5) is 13.2 Å². The van der Waals surface area contributed by atoms with E-state index in [1.54, 1.807) is 23.1 Å². The summed E-state index contributed by atoms with van der Waals surface area (Å²) in [6.07, 6.45) is 0.121. The number of β-amino-alcohol motifs (C(OH)–C–C–N with tert-alkyl or cyclic N) is 1. The summed E-state index contributed by atoms with van der Waals surface area (Å²) in [5.74, 6) is -0.0285. The first-order chi connectivity index (χ1) is 11.4. The monoisotopic (exact) mass is 343 g/mol. The molecule has 2 N–H and O–H groups in total. The molecule has 24 heavy (non-hydrogen) atoms. The molecule has 0 amide bonds. The van der Waals surface area contributed by atoms with Gasteiger partial charge in [0.05, 0.1) is 12.6 Å². The van der Waals surface area contributed by atoms with Gasteiger partial charge in [-0.15, -0.1) is 0 Å². The Balaban J connectivity index is 1.57. The van der Waals surface area contributed by atoms with Gasteiger partial charge in [0, 0.05) is 37.1 Å². The van der Waals surface area contributed by atoms with Crippen LogP contribution in [0.5, 0.6) is 0 Å². The van der Waals surface area contributed by atoms with Gasteiger partial charge >= 0.3 is 6.18 Å². The lowest BCUT2D eigenvalue weighted by Gasteiger charge is -2.33. The normalized spacial score (nSPS) is 21.1. The van der Waals surface area contributed by atoms with Gasteiger partial charge in [-0.3, -0.25) is 9.78 Å². The highest BCUT2D eigenvalue weighted by Crippen LogP contribution is 2.32. The van der Waals surface area contributed by atoms with Gasteiger partial charge in [-0.2, -0.15) is 23.4 Å². The fourth-order valence-corrected chi connectivity index (χ4v) is 3.15. The number of likely N-dealkylation sites (tertiary alicyclic amines) is 1. The lowest BCUT2D eigenvalue weighted by molar-refractivity contribution is -0.141. The third kappa shape index (κ3) is 4.15. The molecule has 0 aliphatic carbocycles. The molecule has 0 spiro atoms. The van der Waals surface area contributed by atoms with E-state index >= 15 is 0 Å².